The van der Waals surface area contributed by atoms with Crippen LogP contribution in [0.15, 0.2) is 47.7 Å². The largest absolute Gasteiger partial charge is 0.323 e. The third kappa shape index (κ3) is 3.31. The molecule has 32 heavy (non-hydrogen) atoms. The number of rotatable bonds is 5. The van der Waals surface area contributed by atoms with Crippen molar-refractivity contribution < 1.29 is 4.79 Å². The van der Waals surface area contributed by atoms with Gasteiger partial charge in [0, 0.05) is 6.20 Å². The first-order valence-electron chi connectivity index (χ1n) is 11.4. The molecule has 0 aliphatic heterocycles. The highest BCUT2D eigenvalue weighted by Crippen LogP contribution is 2.64. The molecule has 2 unspecified atom stereocenters. The van der Waals surface area contributed by atoms with Crippen molar-refractivity contribution in [3.63, 3.8) is 0 Å². The summed E-state index contributed by atoms with van der Waals surface area (Å²) in [6.45, 7) is 2.81. The number of anilines is 1. The number of benzene rings is 1. The number of nitrogens with one attached hydrogen (secondary N) is 1. The molecule has 4 fully saturated rings. The van der Waals surface area contributed by atoms with Gasteiger partial charge >= 0.3 is 0 Å². The Morgan fingerprint density at radius 1 is 1.22 bits per heavy atom. The van der Waals surface area contributed by atoms with Crippen LogP contribution in [0, 0.1) is 24.2 Å². The lowest BCUT2D eigenvalue weighted by atomic mass is 9.46. The van der Waals surface area contributed by atoms with Gasteiger partial charge in [0.15, 0.2) is 0 Å². The second-order valence-electron chi connectivity index (χ2n) is 10.2. The summed E-state index contributed by atoms with van der Waals surface area (Å²) in [5.74, 6) is 1.30. The fourth-order valence-electron chi connectivity index (χ4n) is 6.96. The maximum absolute atomic E-state index is 13.7. The minimum absolute atomic E-state index is 0.0878. The minimum Gasteiger partial charge on any atom is -0.323 e. The maximum atomic E-state index is 13.7. The zero-order valence-corrected chi connectivity index (χ0v) is 19.8. The first-order valence-corrected chi connectivity index (χ1v) is 12.2. The van der Waals surface area contributed by atoms with Crippen molar-refractivity contribution in [3.05, 3.63) is 58.8 Å². The fraction of sp³-hybridized carbons (Fsp3) is 0.500. The first-order chi connectivity index (χ1) is 15.4. The molecule has 4 saturated carbocycles. The molecular weight excluding hydrogens is 468 g/mol. The predicted molar refractivity (Wildman–Crippen MR) is 124 cm³/mol. The van der Waals surface area contributed by atoms with Gasteiger partial charge in [-0.3, -0.25) is 9.48 Å². The van der Waals surface area contributed by atoms with E-state index in [2.05, 4.69) is 55.5 Å². The fourth-order valence-corrected chi connectivity index (χ4v) is 7.22. The molecule has 4 aliphatic carbocycles. The Kier molecular flexibility index (Phi) is 4.58. The molecule has 1 aromatic carbocycles. The van der Waals surface area contributed by atoms with Crippen LogP contribution in [0.4, 0.5) is 5.69 Å². The summed E-state index contributed by atoms with van der Waals surface area (Å²) in [5.41, 5.74) is 2.83. The van der Waals surface area contributed by atoms with Crippen LogP contribution >= 0.6 is 15.9 Å². The summed E-state index contributed by atoms with van der Waals surface area (Å²) in [5, 5.41) is 12.3. The molecule has 7 rings (SSSR count). The lowest BCUT2D eigenvalue weighted by Gasteiger charge is -2.60. The smallest absolute Gasteiger partial charge is 0.230 e. The van der Waals surface area contributed by atoms with E-state index >= 15 is 0 Å². The molecule has 0 radical (unpaired) electrons. The van der Waals surface area contributed by atoms with Crippen molar-refractivity contribution in [2.45, 2.75) is 57.5 Å². The highest BCUT2D eigenvalue weighted by molar-refractivity contribution is 9.10. The summed E-state index contributed by atoms with van der Waals surface area (Å²) in [6, 6.07) is 8.32. The molecule has 3 aromatic rings. The second kappa shape index (κ2) is 7.27. The van der Waals surface area contributed by atoms with Crippen LogP contribution in [0.25, 0.3) is 0 Å². The SMILES string of the molecule is Cc1ccccc1Cn1cc(NC(=O)C23CC4CC(C2)CC(n2cnc(Br)n2)(C4)C3)cn1. The third-order valence-corrected chi connectivity index (χ3v) is 8.31. The van der Waals surface area contributed by atoms with Crippen LogP contribution < -0.4 is 5.32 Å². The number of amides is 1. The van der Waals surface area contributed by atoms with E-state index in [0.29, 0.717) is 23.1 Å². The third-order valence-electron chi connectivity index (χ3n) is 7.95. The van der Waals surface area contributed by atoms with E-state index in [1.54, 1.807) is 6.20 Å². The van der Waals surface area contributed by atoms with E-state index < -0.39 is 0 Å². The maximum Gasteiger partial charge on any atom is 0.230 e. The van der Waals surface area contributed by atoms with Gasteiger partial charge in [0.1, 0.15) is 6.33 Å². The lowest BCUT2D eigenvalue weighted by Crippen LogP contribution is -2.60. The first kappa shape index (κ1) is 20.1. The highest BCUT2D eigenvalue weighted by atomic mass is 79.9. The molecule has 0 spiro atoms. The lowest BCUT2D eigenvalue weighted by molar-refractivity contribution is -0.150. The molecular formula is C24H27BrN6O. The van der Waals surface area contributed by atoms with Gasteiger partial charge in [-0.15, -0.1) is 5.10 Å². The van der Waals surface area contributed by atoms with Crippen LogP contribution in [-0.2, 0) is 16.9 Å². The molecule has 0 saturated heterocycles. The van der Waals surface area contributed by atoms with Crippen LogP contribution in [0.3, 0.4) is 0 Å². The highest BCUT2D eigenvalue weighted by Gasteiger charge is 2.61. The number of aryl methyl sites for hydroxylation is 1. The van der Waals surface area contributed by atoms with E-state index in [1.807, 2.05) is 34.0 Å². The summed E-state index contributed by atoms with van der Waals surface area (Å²) >= 11 is 3.40. The molecule has 4 bridgehead atoms. The molecule has 1 amide bonds. The van der Waals surface area contributed by atoms with Gasteiger partial charge in [0.25, 0.3) is 0 Å². The number of carbonyl (C=O) groups excluding carboxylic acids is 1. The Hall–Kier alpha value is -2.48. The number of hydrogen-bond acceptors (Lipinski definition) is 4. The Morgan fingerprint density at radius 2 is 2.00 bits per heavy atom. The number of hydrogen-bond donors (Lipinski definition) is 1. The average Bonchev–Trinajstić information content (AvgIpc) is 3.38. The van der Waals surface area contributed by atoms with Gasteiger partial charge in [-0.2, -0.15) is 5.10 Å². The van der Waals surface area contributed by atoms with Crippen LogP contribution in [-0.4, -0.2) is 30.5 Å². The van der Waals surface area contributed by atoms with Crippen molar-refractivity contribution in [2.75, 3.05) is 5.32 Å². The molecule has 166 valence electrons. The van der Waals surface area contributed by atoms with Crippen molar-refractivity contribution in [2.24, 2.45) is 17.3 Å². The van der Waals surface area contributed by atoms with Crippen molar-refractivity contribution in [3.8, 4) is 0 Å². The number of halogens is 1. The summed E-state index contributed by atoms with van der Waals surface area (Å²) < 4.78 is 4.55. The molecule has 2 heterocycles. The van der Waals surface area contributed by atoms with Gasteiger partial charge < -0.3 is 5.32 Å². The van der Waals surface area contributed by atoms with Crippen LogP contribution in [0.1, 0.15) is 49.7 Å². The summed E-state index contributed by atoms with van der Waals surface area (Å²) in [6.07, 6.45) is 11.8. The molecule has 8 heteroatoms. The zero-order chi connectivity index (χ0) is 21.9. The molecule has 4 aliphatic rings. The standard InChI is InChI=1S/C24H27BrN6O/c1-16-4-2-3-5-19(16)12-30-13-20(11-27-30)28-21(32)23-7-17-6-18(8-23)10-24(9-17,14-23)31-15-26-22(25)29-31/h2-5,11,13,15,17-18H,6-10,12,14H2,1H3,(H,28,32). The number of carbonyl (C=O) groups is 1. The van der Waals surface area contributed by atoms with Gasteiger partial charge in [-0.05, 0) is 84.3 Å². The van der Waals surface area contributed by atoms with Gasteiger partial charge in [0.2, 0.25) is 10.6 Å². The van der Waals surface area contributed by atoms with E-state index in [9.17, 15) is 4.79 Å². The van der Waals surface area contributed by atoms with Gasteiger partial charge in [-0.25, -0.2) is 9.67 Å². The zero-order valence-electron chi connectivity index (χ0n) is 18.2. The quantitative estimate of drug-likeness (QED) is 0.565. The predicted octanol–water partition coefficient (Wildman–Crippen LogP) is 4.53. The van der Waals surface area contributed by atoms with Crippen molar-refractivity contribution >= 4 is 27.5 Å². The van der Waals surface area contributed by atoms with Crippen LogP contribution in [0.2, 0.25) is 0 Å². The van der Waals surface area contributed by atoms with E-state index in [4.69, 9.17) is 0 Å². The Balaban J connectivity index is 1.22. The molecule has 2 atom stereocenters. The Labute approximate surface area is 195 Å². The van der Waals surface area contributed by atoms with Crippen molar-refractivity contribution in [1.29, 1.82) is 0 Å². The average molecular weight is 495 g/mol. The van der Waals surface area contributed by atoms with Gasteiger partial charge in [0.05, 0.1) is 29.4 Å². The molecule has 1 N–H and O–H groups in total. The summed E-state index contributed by atoms with van der Waals surface area (Å²) in [7, 11) is 0. The van der Waals surface area contributed by atoms with E-state index in [0.717, 1.165) is 37.8 Å². The molecule has 7 nitrogen and oxygen atoms in total. The van der Waals surface area contributed by atoms with Crippen molar-refractivity contribution in [1.82, 2.24) is 24.5 Å². The topological polar surface area (TPSA) is 77.6 Å². The second-order valence-corrected chi connectivity index (χ2v) is 10.9. The number of aromatic nitrogens is 5. The monoisotopic (exact) mass is 494 g/mol. The normalized spacial score (nSPS) is 30.6. The Morgan fingerprint density at radius 3 is 2.72 bits per heavy atom. The minimum atomic E-state index is -0.333. The summed E-state index contributed by atoms with van der Waals surface area (Å²) in [4.78, 5) is 18.0. The van der Waals surface area contributed by atoms with E-state index in [-0.39, 0.29) is 16.9 Å². The number of nitrogens with zero attached hydrogens (tertiary/aromatic N) is 5. The van der Waals surface area contributed by atoms with E-state index in [1.165, 1.54) is 17.5 Å². The van der Waals surface area contributed by atoms with Gasteiger partial charge in [-0.1, -0.05) is 24.3 Å². The molecule has 2 aromatic heterocycles. The van der Waals surface area contributed by atoms with Crippen LogP contribution in [0.5, 0.6) is 0 Å². The Bertz CT molecular complexity index is 1170.